The van der Waals surface area contributed by atoms with Crippen LogP contribution in [0.2, 0.25) is 5.02 Å². The average Bonchev–Trinajstić information content (AvgIpc) is 2.73. The second-order valence-electron chi connectivity index (χ2n) is 6.03. The normalized spacial score (nSPS) is 10.2. The van der Waals surface area contributed by atoms with E-state index >= 15 is 0 Å². The van der Waals surface area contributed by atoms with Crippen LogP contribution >= 0.6 is 11.6 Å². The van der Waals surface area contributed by atoms with Crippen LogP contribution < -0.4 is 15.6 Å². The number of hydrazine groups is 1. The van der Waals surface area contributed by atoms with Gasteiger partial charge in [0.1, 0.15) is 5.75 Å². The molecule has 3 aromatic carbocycles. The molecule has 2 N–H and O–H groups in total. The number of rotatable bonds is 6. The van der Waals surface area contributed by atoms with Gasteiger partial charge >= 0.3 is 0 Å². The smallest absolute Gasteiger partial charge is 0.269 e. The Morgan fingerprint density at radius 3 is 2.18 bits per heavy atom. The van der Waals surface area contributed by atoms with Crippen molar-refractivity contribution in [1.29, 1.82) is 0 Å². The van der Waals surface area contributed by atoms with Crippen LogP contribution in [0.1, 0.15) is 26.3 Å². The molecule has 0 saturated heterocycles. The number of hydrogen-bond donors (Lipinski definition) is 2. The Balaban J connectivity index is 1.51. The van der Waals surface area contributed by atoms with Gasteiger partial charge in [-0.15, -0.1) is 0 Å². The van der Waals surface area contributed by atoms with Gasteiger partial charge < -0.3 is 4.74 Å². The van der Waals surface area contributed by atoms with E-state index in [4.69, 9.17) is 16.3 Å². The van der Waals surface area contributed by atoms with Crippen molar-refractivity contribution in [2.75, 3.05) is 6.61 Å². The molecule has 0 bridgehead atoms. The number of carbonyl (C=O) groups excluding carboxylic acids is 2. The minimum atomic E-state index is -0.434. The van der Waals surface area contributed by atoms with Crippen molar-refractivity contribution in [3.05, 3.63) is 101 Å². The van der Waals surface area contributed by atoms with Crippen LogP contribution in [0.25, 0.3) is 0 Å². The van der Waals surface area contributed by atoms with Crippen LogP contribution in [-0.4, -0.2) is 18.4 Å². The molecule has 0 aliphatic heterocycles. The Morgan fingerprint density at radius 1 is 0.786 bits per heavy atom. The van der Waals surface area contributed by atoms with Crippen molar-refractivity contribution >= 4 is 23.4 Å². The highest BCUT2D eigenvalue weighted by Crippen LogP contribution is 2.14. The van der Waals surface area contributed by atoms with E-state index in [1.165, 1.54) is 5.56 Å². The number of hydrogen-bond acceptors (Lipinski definition) is 3. The zero-order valence-electron chi connectivity index (χ0n) is 15.0. The molecule has 3 rings (SSSR count). The van der Waals surface area contributed by atoms with E-state index in [2.05, 4.69) is 10.9 Å². The van der Waals surface area contributed by atoms with Crippen LogP contribution in [0.5, 0.6) is 5.75 Å². The number of amides is 2. The maximum atomic E-state index is 12.3. The third kappa shape index (κ3) is 5.59. The molecule has 28 heavy (non-hydrogen) atoms. The van der Waals surface area contributed by atoms with E-state index in [1.807, 2.05) is 30.3 Å². The first kappa shape index (κ1) is 19.5. The zero-order valence-corrected chi connectivity index (χ0v) is 15.8. The lowest BCUT2D eigenvalue weighted by molar-refractivity contribution is 0.0846. The molecule has 0 fully saturated rings. The monoisotopic (exact) mass is 394 g/mol. The standard InChI is InChI=1S/C22H19ClN2O3/c23-19-11-9-17(10-12-19)21(26)24-25-22(27)18-7-4-8-20(15-18)28-14-13-16-5-2-1-3-6-16/h1-12,15H,13-14H2,(H,24,26)(H,25,27). The fourth-order valence-electron chi connectivity index (χ4n) is 2.52. The Kier molecular flexibility index (Phi) is 6.65. The number of ether oxygens (including phenoxy) is 1. The van der Waals surface area contributed by atoms with Crippen LogP contribution in [-0.2, 0) is 6.42 Å². The summed E-state index contributed by atoms with van der Waals surface area (Å²) >= 11 is 5.80. The molecular weight excluding hydrogens is 376 g/mol. The predicted molar refractivity (Wildman–Crippen MR) is 108 cm³/mol. The fraction of sp³-hybridized carbons (Fsp3) is 0.0909. The van der Waals surface area contributed by atoms with Gasteiger partial charge in [-0.25, -0.2) is 0 Å². The molecule has 0 aliphatic carbocycles. The summed E-state index contributed by atoms with van der Waals surface area (Å²) in [6.07, 6.45) is 0.772. The van der Waals surface area contributed by atoms with Crippen molar-refractivity contribution in [2.24, 2.45) is 0 Å². The summed E-state index contributed by atoms with van der Waals surface area (Å²) in [6, 6.07) is 23.2. The highest BCUT2D eigenvalue weighted by atomic mass is 35.5. The Labute approximate surface area is 168 Å². The summed E-state index contributed by atoms with van der Waals surface area (Å²) in [7, 11) is 0. The third-order valence-corrected chi connectivity index (χ3v) is 4.25. The molecule has 0 spiro atoms. The minimum absolute atomic E-state index is 0.383. The highest BCUT2D eigenvalue weighted by molar-refractivity contribution is 6.30. The van der Waals surface area contributed by atoms with Crippen LogP contribution in [0.3, 0.4) is 0 Å². The number of nitrogens with one attached hydrogen (secondary N) is 2. The van der Waals surface area contributed by atoms with Gasteiger partial charge in [0, 0.05) is 22.6 Å². The number of carbonyl (C=O) groups is 2. The molecule has 0 atom stereocenters. The van der Waals surface area contributed by atoms with E-state index in [9.17, 15) is 9.59 Å². The van der Waals surface area contributed by atoms with E-state index in [0.29, 0.717) is 28.5 Å². The Morgan fingerprint density at radius 2 is 1.46 bits per heavy atom. The lowest BCUT2D eigenvalue weighted by Gasteiger charge is -2.10. The van der Waals surface area contributed by atoms with Crippen molar-refractivity contribution in [1.82, 2.24) is 10.9 Å². The van der Waals surface area contributed by atoms with Gasteiger partial charge in [-0.3, -0.25) is 20.4 Å². The van der Waals surface area contributed by atoms with Gasteiger partial charge in [-0.05, 0) is 48.0 Å². The molecule has 5 nitrogen and oxygen atoms in total. The van der Waals surface area contributed by atoms with Crippen LogP contribution in [0.4, 0.5) is 0 Å². The SMILES string of the molecule is O=C(NNC(=O)c1cccc(OCCc2ccccc2)c1)c1ccc(Cl)cc1. The number of benzene rings is 3. The Hall–Kier alpha value is -3.31. The highest BCUT2D eigenvalue weighted by Gasteiger charge is 2.10. The summed E-state index contributed by atoms with van der Waals surface area (Å²) < 4.78 is 5.73. The van der Waals surface area contributed by atoms with Crippen molar-refractivity contribution in [2.45, 2.75) is 6.42 Å². The third-order valence-electron chi connectivity index (χ3n) is 3.99. The van der Waals surface area contributed by atoms with Crippen LogP contribution in [0, 0.1) is 0 Å². The molecule has 0 unspecified atom stereocenters. The fourth-order valence-corrected chi connectivity index (χ4v) is 2.64. The summed E-state index contributed by atoms with van der Waals surface area (Å²) in [5.41, 5.74) is 6.73. The first-order chi connectivity index (χ1) is 13.6. The predicted octanol–water partition coefficient (Wildman–Crippen LogP) is 4.04. The first-order valence-corrected chi connectivity index (χ1v) is 9.12. The molecule has 2 amide bonds. The lowest BCUT2D eigenvalue weighted by Crippen LogP contribution is -2.41. The van der Waals surface area contributed by atoms with Crippen molar-refractivity contribution in [3.8, 4) is 5.75 Å². The Bertz CT molecular complexity index is 944. The quantitative estimate of drug-likeness (QED) is 0.620. The van der Waals surface area contributed by atoms with Gasteiger partial charge in [0.25, 0.3) is 11.8 Å². The molecule has 0 radical (unpaired) electrons. The maximum Gasteiger partial charge on any atom is 0.269 e. The summed E-state index contributed by atoms with van der Waals surface area (Å²) in [6.45, 7) is 0.502. The molecule has 0 aromatic heterocycles. The topological polar surface area (TPSA) is 67.4 Å². The van der Waals surface area contributed by atoms with Crippen LogP contribution in [0.15, 0.2) is 78.9 Å². The molecule has 6 heteroatoms. The first-order valence-electron chi connectivity index (χ1n) is 8.75. The largest absolute Gasteiger partial charge is 0.493 e. The maximum absolute atomic E-state index is 12.3. The molecule has 142 valence electrons. The van der Waals surface area contributed by atoms with Crippen molar-refractivity contribution < 1.29 is 14.3 Å². The minimum Gasteiger partial charge on any atom is -0.493 e. The van der Waals surface area contributed by atoms with E-state index in [-0.39, 0.29) is 0 Å². The van der Waals surface area contributed by atoms with Crippen molar-refractivity contribution in [3.63, 3.8) is 0 Å². The summed E-state index contributed by atoms with van der Waals surface area (Å²) in [5, 5.41) is 0.532. The second kappa shape index (κ2) is 9.58. The zero-order chi connectivity index (χ0) is 19.8. The van der Waals surface area contributed by atoms with Gasteiger partial charge in [0.2, 0.25) is 0 Å². The van der Waals surface area contributed by atoms with Gasteiger partial charge in [0.15, 0.2) is 0 Å². The van der Waals surface area contributed by atoms with Gasteiger partial charge in [0.05, 0.1) is 6.61 Å². The van der Waals surface area contributed by atoms with Gasteiger partial charge in [-0.1, -0.05) is 48.0 Å². The number of halogens is 1. The van der Waals surface area contributed by atoms with E-state index < -0.39 is 11.8 Å². The van der Waals surface area contributed by atoms with Gasteiger partial charge in [-0.2, -0.15) is 0 Å². The molecule has 3 aromatic rings. The summed E-state index contributed by atoms with van der Waals surface area (Å²) in [4.78, 5) is 24.3. The lowest BCUT2D eigenvalue weighted by atomic mass is 10.2. The van der Waals surface area contributed by atoms with E-state index in [0.717, 1.165) is 6.42 Å². The molecule has 0 heterocycles. The average molecular weight is 395 g/mol. The second-order valence-corrected chi connectivity index (χ2v) is 6.46. The van der Waals surface area contributed by atoms with E-state index in [1.54, 1.807) is 48.5 Å². The molecular formula is C22H19ClN2O3. The molecule has 0 aliphatic rings. The molecule has 0 saturated carbocycles. The summed E-state index contributed by atoms with van der Waals surface area (Å²) in [5.74, 6) is -0.274.